The predicted molar refractivity (Wildman–Crippen MR) is 95.6 cm³/mol. The van der Waals surface area contributed by atoms with Gasteiger partial charge in [-0.15, -0.1) is 5.10 Å². The molecule has 1 atom stereocenters. The number of carbonyl (C=O) groups excluding carboxylic acids is 1. The molecule has 0 spiro atoms. The van der Waals surface area contributed by atoms with Crippen molar-refractivity contribution in [3.8, 4) is 11.4 Å². The smallest absolute Gasteiger partial charge is 0.321 e. The quantitative estimate of drug-likeness (QED) is 0.848. The zero-order chi connectivity index (χ0) is 18.4. The summed E-state index contributed by atoms with van der Waals surface area (Å²) in [7, 11) is 3.35. The van der Waals surface area contributed by atoms with Crippen molar-refractivity contribution in [3.05, 3.63) is 24.5 Å². The molecule has 9 nitrogen and oxygen atoms in total. The van der Waals surface area contributed by atoms with Crippen LogP contribution in [0.1, 0.15) is 25.7 Å². The molecule has 140 valence electrons. The third kappa shape index (κ3) is 4.69. The van der Waals surface area contributed by atoms with Crippen LogP contribution in [0.15, 0.2) is 24.5 Å². The molecule has 1 aliphatic rings. The SMILES string of the molecule is COc1cc(NC(=O)N(C)CC[C@@H]2CCCCO2)cc(-n2cnnn2)c1. The monoisotopic (exact) mass is 360 g/mol. The standard InChI is InChI=1S/C17H24N6O3/c1-22(7-6-15-5-3-4-8-26-15)17(24)19-13-9-14(11-16(10-13)25-2)23-12-18-20-21-23/h9-12,15H,3-8H2,1-2H3,(H,19,24)/t15-/m0/s1. The van der Waals surface area contributed by atoms with Crippen LogP contribution in [0.2, 0.25) is 0 Å². The molecule has 26 heavy (non-hydrogen) atoms. The summed E-state index contributed by atoms with van der Waals surface area (Å²) in [5.74, 6) is 0.603. The van der Waals surface area contributed by atoms with E-state index < -0.39 is 0 Å². The second-order valence-electron chi connectivity index (χ2n) is 6.30. The summed E-state index contributed by atoms with van der Waals surface area (Å²) in [6, 6.07) is 5.14. The van der Waals surface area contributed by atoms with Gasteiger partial charge in [0, 0.05) is 38.0 Å². The van der Waals surface area contributed by atoms with Gasteiger partial charge in [0.15, 0.2) is 0 Å². The van der Waals surface area contributed by atoms with E-state index in [1.165, 1.54) is 17.4 Å². The van der Waals surface area contributed by atoms with E-state index in [1.807, 2.05) is 0 Å². The molecule has 0 aliphatic carbocycles. The number of carbonyl (C=O) groups is 1. The Morgan fingerprint density at radius 3 is 3.00 bits per heavy atom. The molecule has 1 saturated heterocycles. The molecule has 0 radical (unpaired) electrons. The van der Waals surface area contributed by atoms with Crippen molar-refractivity contribution in [3.63, 3.8) is 0 Å². The van der Waals surface area contributed by atoms with E-state index in [4.69, 9.17) is 9.47 Å². The summed E-state index contributed by atoms with van der Waals surface area (Å²) in [6.07, 6.45) is 5.98. The Hall–Kier alpha value is -2.68. The van der Waals surface area contributed by atoms with E-state index in [1.54, 1.807) is 37.3 Å². The van der Waals surface area contributed by atoms with Crippen molar-refractivity contribution in [2.24, 2.45) is 0 Å². The van der Waals surface area contributed by atoms with Gasteiger partial charge in [0.1, 0.15) is 12.1 Å². The normalized spacial score (nSPS) is 16.9. The first kappa shape index (κ1) is 18.1. The van der Waals surface area contributed by atoms with Crippen molar-refractivity contribution in [2.75, 3.05) is 32.6 Å². The van der Waals surface area contributed by atoms with Gasteiger partial charge in [0.25, 0.3) is 0 Å². The lowest BCUT2D eigenvalue weighted by atomic mass is 10.1. The highest BCUT2D eigenvalue weighted by molar-refractivity contribution is 5.89. The average molecular weight is 360 g/mol. The molecule has 1 fully saturated rings. The molecule has 2 heterocycles. The van der Waals surface area contributed by atoms with E-state index in [9.17, 15) is 4.79 Å². The van der Waals surface area contributed by atoms with Crippen LogP contribution in [0.4, 0.5) is 10.5 Å². The number of urea groups is 1. The molecule has 0 saturated carbocycles. The Labute approximate surface area is 152 Å². The maximum absolute atomic E-state index is 12.5. The predicted octanol–water partition coefficient (Wildman–Crippen LogP) is 2.09. The molecule has 1 aromatic heterocycles. The maximum atomic E-state index is 12.5. The van der Waals surface area contributed by atoms with Gasteiger partial charge in [0.05, 0.1) is 18.9 Å². The summed E-state index contributed by atoms with van der Waals surface area (Å²) in [5.41, 5.74) is 1.31. The van der Waals surface area contributed by atoms with Gasteiger partial charge < -0.3 is 19.7 Å². The van der Waals surface area contributed by atoms with E-state index >= 15 is 0 Å². The molecule has 0 bridgehead atoms. The second-order valence-corrected chi connectivity index (χ2v) is 6.30. The molecular weight excluding hydrogens is 336 g/mol. The average Bonchev–Trinajstić information content (AvgIpc) is 3.21. The number of tetrazole rings is 1. The van der Waals surface area contributed by atoms with Gasteiger partial charge in [0.2, 0.25) is 0 Å². The number of ether oxygens (including phenoxy) is 2. The first-order valence-corrected chi connectivity index (χ1v) is 8.72. The molecule has 1 aromatic carbocycles. The number of rotatable bonds is 6. The number of methoxy groups -OCH3 is 1. The molecule has 3 rings (SSSR count). The van der Waals surface area contributed by atoms with Gasteiger partial charge in [-0.05, 0) is 42.2 Å². The summed E-state index contributed by atoms with van der Waals surface area (Å²) < 4.78 is 12.5. The number of hydrogen-bond acceptors (Lipinski definition) is 6. The van der Waals surface area contributed by atoms with Gasteiger partial charge >= 0.3 is 6.03 Å². The van der Waals surface area contributed by atoms with Crippen LogP contribution in [0.5, 0.6) is 5.75 Å². The van der Waals surface area contributed by atoms with Gasteiger partial charge in [-0.1, -0.05) is 0 Å². The van der Waals surface area contributed by atoms with Gasteiger partial charge in [-0.3, -0.25) is 0 Å². The molecule has 0 unspecified atom stereocenters. The van der Waals surface area contributed by atoms with E-state index in [0.29, 0.717) is 23.7 Å². The molecule has 2 aromatic rings. The molecule has 1 N–H and O–H groups in total. The van der Waals surface area contributed by atoms with Crippen molar-refractivity contribution < 1.29 is 14.3 Å². The van der Waals surface area contributed by atoms with E-state index in [0.717, 1.165) is 25.9 Å². The van der Waals surface area contributed by atoms with Gasteiger partial charge in [-0.25, -0.2) is 9.48 Å². The number of aromatic nitrogens is 4. The number of hydrogen-bond donors (Lipinski definition) is 1. The summed E-state index contributed by atoms with van der Waals surface area (Å²) in [5, 5.41) is 14.0. The largest absolute Gasteiger partial charge is 0.497 e. The van der Waals surface area contributed by atoms with E-state index in [-0.39, 0.29) is 12.1 Å². The minimum atomic E-state index is -0.184. The van der Waals surface area contributed by atoms with Crippen LogP contribution in [0, 0.1) is 0 Å². The van der Waals surface area contributed by atoms with E-state index in [2.05, 4.69) is 20.8 Å². The number of benzene rings is 1. The molecule has 1 aliphatic heterocycles. The minimum Gasteiger partial charge on any atom is -0.497 e. The lowest BCUT2D eigenvalue weighted by molar-refractivity contribution is 0.00848. The fourth-order valence-corrected chi connectivity index (χ4v) is 2.88. The highest BCUT2D eigenvalue weighted by Gasteiger charge is 2.17. The minimum absolute atomic E-state index is 0.184. The zero-order valence-electron chi connectivity index (χ0n) is 15.1. The first-order valence-electron chi connectivity index (χ1n) is 8.72. The Kier molecular flexibility index (Phi) is 6.00. The molecular formula is C17H24N6O3. The van der Waals surface area contributed by atoms with Crippen molar-refractivity contribution in [1.29, 1.82) is 0 Å². The fourth-order valence-electron chi connectivity index (χ4n) is 2.88. The summed E-state index contributed by atoms with van der Waals surface area (Å²) in [4.78, 5) is 14.1. The zero-order valence-corrected chi connectivity index (χ0v) is 15.1. The Morgan fingerprint density at radius 2 is 2.31 bits per heavy atom. The topological polar surface area (TPSA) is 94.4 Å². The summed E-state index contributed by atoms with van der Waals surface area (Å²) >= 11 is 0. The third-order valence-electron chi connectivity index (χ3n) is 4.40. The highest BCUT2D eigenvalue weighted by Crippen LogP contribution is 2.23. The van der Waals surface area contributed by atoms with Crippen LogP contribution >= 0.6 is 0 Å². The Bertz CT molecular complexity index is 715. The lowest BCUT2D eigenvalue weighted by Gasteiger charge is -2.25. The van der Waals surface area contributed by atoms with Crippen molar-refractivity contribution in [1.82, 2.24) is 25.1 Å². The lowest BCUT2D eigenvalue weighted by Crippen LogP contribution is -2.34. The molecule has 2 amide bonds. The van der Waals surface area contributed by atoms with Crippen LogP contribution in [0.3, 0.4) is 0 Å². The van der Waals surface area contributed by atoms with Crippen LogP contribution in [-0.2, 0) is 4.74 Å². The van der Waals surface area contributed by atoms with Crippen LogP contribution in [0.25, 0.3) is 5.69 Å². The number of amides is 2. The first-order chi connectivity index (χ1) is 12.7. The Morgan fingerprint density at radius 1 is 1.42 bits per heavy atom. The highest BCUT2D eigenvalue weighted by atomic mass is 16.5. The number of nitrogens with zero attached hydrogens (tertiary/aromatic N) is 5. The van der Waals surface area contributed by atoms with Crippen LogP contribution in [-0.4, -0.2) is 64.6 Å². The summed E-state index contributed by atoms with van der Waals surface area (Å²) in [6.45, 7) is 1.46. The van der Waals surface area contributed by atoms with Crippen molar-refractivity contribution in [2.45, 2.75) is 31.8 Å². The fraction of sp³-hybridized carbons (Fsp3) is 0.529. The van der Waals surface area contributed by atoms with Gasteiger partial charge in [-0.2, -0.15) is 0 Å². The molecule has 9 heteroatoms. The second kappa shape index (κ2) is 8.61. The number of nitrogens with one attached hydrogen (secondary N) is 1. The van der Waals surface area contributed by atoms with Crippen LogP contribution < -0.4 is 10.1 Å². The third-order valence-corrected chi connectivity index (χ3v) is 4.40. The van der Waals surface area contributed by atoms with Crippen molar-refractivity contribution >= 4 is 11.7 Å². The Balaban J connectivity index is 1.61. The maximum Gasteiger partial charge on any atom is 0.321 e. The number of anilines is 1.